The van der Waals surface area contributed by atoms with Crippen molar-refractivity contribution in [3.05, 3.63) is 65.2 Å². The van der Waals surface area contributed by atoms with Crippen LogP contribution in [0.25, 0.3) is 5.76 Å². The molecule has 152 valence electrons. The van der Waals surface area contributed by atoms with Crippen LogP contribution in [0.15, 0.2) is 48.2 Å². The Morgan fingerprint density at radius 2 is 2.03 bits per heavy atom. The molecular formula is C21H22FN3O4. The molecule has 1 aromatic heterocycles. The number of aliphatic hydroxyl groups excluding tert-OH is 1. The number of ether oxygens (including phenoxy) is 1. The minimum atomic E-state index is -0.860. The van der Waals surface area contributed by atoms with Crippen molar-refractivity contribution >= 4 is 17.4 Å². The first-order valence-electron chi connectivity index (χ1n) is 9.03. The molecule has 0 bridgehead atoms. The first-order chi connectivity index (χ1) is 13.8. The lowest BCUT2D eigenvalue weighted by Crippen LogP contribution is -2.35. The van der Waals surface area contributed by atoms with E-state index in [1.807, 2.05) is 19.0 Å². The van der Waals surface area contributed by atoms with Crippen LogP contribution < -0.4 is 4.74 Å². The zero-order valence-corrected chi connectivity index (χ0v) is 16.4. The van der Waals surface area contributed by atoms with Gasteiger partial charge in [0, 0.05) is 24.8 Å². The van der Waals surface area contributed by atoms with E-state index in [0.29, 0.717) is 12.2 Å². The molecule has 29 heavy (non-hydrogen) atoms. The van der Waals surface area contributed by atoms with Crippen LogP contribution in [0.4, 0.5) is 4.39 Å². The summed E-state index contributed by atoms with van der Waals surface area (Å²) in [4.78, 5) is 33.1. The number of hydrogen-bond acceptors (Lipinski definition) is 6. The number of likely N-dealkylation sites (N-methyl/N-ethyl adjacent to an activating group) is 1. The van der Waals surface area contributed by atoms with Gasteiger partial charge in [-0.2, -0.15) is 0 Å². The van der Waals surface area contributed by atoms with Gasteiger partial charge in [0.1, 0.15) is 11.8 Å². The Morgan fingerprint density at radius 1 is 1.28 bits per heavy atom. The fourth-order valence-electron chi connectivity index (χ4n) is 3.23. The molecule has 1 atom stereocenters. The third-order valence-corrected chi connectivity index (χ3v) is 4.72. The molecule has 8 heteroatoms. The van der Waals surface area contributed by atoms with Crippen LogP contribution in [0.3, 0.4) is 0 Å². The van der Waals surface area contributed by atoms with Crippen molar-refractivity contribution in [2.45, 2.75) is 6.04 Å². The molecule has 2 aromatic rings. The predicted octanol–water partition coefficient (Wildman–Crippen LogP) is 2.21. The van der Waals surface area contributed by atoms with Crippen molar-refractivity contribution in [1.29, 1.82) is 0 Å². The molecule has 1 saturated heterocycles. The summed E-state index contributed by atoms with van der Waals surface area (Å²) >= 11 is 0. The fourth-order valence-corrected chi connectivity index (χ4v) is 3.23. The van der Waals surface area contributed by atoms with Crippen molar-refractivity contribution < 1.29 is 23.8 Å². The summed E-state index contributed by atoms with van der Waals surface area (Å²) in [5, 5.41) is 10.9. The molecule has 1 aliphatic heterocycles. The summed E-state index contributed by atoms with van der Waals surface area (Å²) in [6.45, 7) is 0.792. The van der Waals surface area contributed by atoms with Gasteiger partial charge in [0.25, 0.3) is 11.7 Å². The zero-order chi connectivity index (χ0) is 21.1. The van der Waals surface area contributed by atoms with Crippen LogP contribution in [-0.2, 0) is 9.59 Å². The SMILES string of the molecule is COc1ccc(C(O)=C2C(=O)C(=O)N(CCN(C)C)C2c2ccccn2)cc1F. The second-order valence-electron chi connectivity index (χ2n) is 6.90. The number of benzene rings is 1. The Labute approximate surface area is 168 Å². The summed E-state index contributed by atoms with van der Waals surface area (Å²) in [6.07, 6.45) is 1.55. The lowest BCUT2D eigenvalue weighted by atomic mass is 9.98. The number of rotatable bonds is 6. The number of halogens is 1. The number of ketones is 1. The molecule has 1 aromatic carbocycles. The van der Waals surface area contributed by atoms with Gasteiger partial charge in [-0.05, 0) is 44.4 Å². The van der Waals surface area contributed by atoms with Gasteiger partial charge >= 0.3 is 0 Å². The second kappa shape index (κ2) is 8.40. The van der Waals surface area contributed by atoms with E-state index < -0.39 is 29.3 Å². The Hall–Kier alpha value is -3.26. The number of carbonyl (C=O) groups is 2. The van der Waals surface area contributed by atoms with Crippen molar-refractivity contribution in [2.75, 3.05) is 34.3 Å². The number of methoxy groups -OCH3 is 1. The van der Waals surface area contributed by atoms with Crippen LogP contribution >= 0.6 is 0 Å². The molecule has 1 unspecified atom stereocenters. The number of likely N-dealkylation sites (tertiary alicyclic amines) is 1. The Balaban J connectivity index is 2.13. The number of hydrogen-bond donors (Lipinski definition) is 1. The van der Waals surface area contributed by atoms with Gasteiger partial charge in [-0.3, -0.25) is 14.6 Å². The average molecular weight is 399 g/mol. The average Bonchev–Trinajstić information content (AvgIpc) is 2.97. The van der Waals surface area contributed by atoms with Gasteiger partial charge in [0.05, 0.1) is 18.4 Å². The standard InChI is InChI=1S/C21H22FN3O4/c1-24(2)10-11-25-18(15-6-4-5-9-23-15)17(20(27)21(25)28)19(26)13-7-8-16(29-3)14(22)12-13/h4-9,12,18,26H,10-11H2,1-3H3. The fraction of sp³-hybridized carbons (Fsp3) is 0.286. The van der Waals surface area contributed by atoms with Crippen LogP contribution in [0.5, 0.6) is 5.75 Å². The number of aliphatic hydroxyl groups is 1. The molecule has 0 aliphatic carbocycles. The minimum absolute atomic E-state index is 0.00857. The summed E-state index contributed by atoms with van der Waals surface area (Å²) in [6, 6.07) is 8.12. The maximum atomic E-state index is 14.1. The van der Waals surface area contributed by atoms with Crippen molar-refractivity contribution in [3.8, 4) is 5.75 Å². The second-order valence-corrected chi connectivity index (χ2v) is 6.90. The smallest absolute Gasteiger partial charge is 0.295 e. The van der Waals surface area contributed by atoms with E-state index >= 15 is 0 Å². The van der Waals surface area contributed by atoms with Crippen molar-refractivity contribution in [2.24, 2.45) is 0 Å². The number of carbonyl (C=O) groups excluding carboxylic acids is 2. The highest BCUT2D eigenvalue weighted by Gasteiger charge is 2.46. The van der Waals surface area contributed by atoms with E-state index in [9.17, 15) is 19.1 Å². The maximum absolute atomic E-state index is 14.1. The summed E-state index contributed by atoms with van der Waals surface area (Å²) in [7, 11) is 5.04. The molecule has 3 rings (SSSR count). The van der Waals surface area contributed by atoms with Crippen LogP contribution in [-0.4, -0.2) is 65.9 Å². The number of amides is 1. The van der Waals surface area contributed by atoms with Gasteiger partial charge in [0.2, 0.25) is 0 Å². The predicted molar refractivity (Wildman–Crippen MR) is 105 cm³/mol. The number of Topliss-reactive ketones (excluding diaryl/α,β-unsaturated/α-hetero) is 1. The van der Waals surface area contributed by atoms with Gasteiger partial charge in [-0.15, -0.1) is 0 Å². The molecule has 0 saturated carbocycles. The van der Waals surface area contributed by atoms with Gasteiger partial charge in [0.15, 0.2) is 11.6 Å². The maximum Gasteiger partial charge on any atom is 0.295 e. The summed E-state index contributed by atoms with van der Waals surface area (Å²) < 4.78 is 19.0. The van der Waals surface area contributed by atoms with E-state index in [0.717, 1.165) is 6.07 Å². The van der Waals surface area contributed by atoms with Gasteiger partial charge < -0.3 is 19.6 Å². The quantitative estimate of drug-likeness (QED) is 0.456. The highest BCUT2D eigenvalue weighted by atomic mass is 19.1. The molecule has 1 N–H and O–H groups in total. The minimum Gasteiger partial charge on any atom is -0.507 e. The molecular weight excluding hydrogens is 377 g/mol. The van der Waals surface area contributed by atoms with E-state index in [1.165, 1.54) is 24.1 Å². The third-order valence-electron chi connectivity index (χ3n) is 4.72. The molecule has 1 aliphatic rings. The number of aromatic nitrogens is 1. The largest absolute Gasteiger partial charge is 0.507 e. The molecule has 1 fully saturated rings. The van der Waals surface area contributed by atoms with Crippen LogP contribution in [0.1, 0.15) is 17.3 Å². The topological polar surface area (TPSA) is 83.0 Å². The molecule has 0 radical (unpaired) electrons. The molecule has 1 amide bonds. The number of nitrogens with zero attached hydrogens (tertiary/aromatic N) is 3. The lowest BCUT2D eigenvalue weighted by molar-refractivity contribution is -0.140. The first kappa shape index (κ1) is 20.5. The van der Waals surface area contributed by atoms with Crippen LogP contribution in [0, 0.1) is 5.82 Å². The highest BCUT2D eigenvalue weighted by molar-refractivity contribution is 6.46. The Morgan fingerprint density at radius 3 is 2.62 bits per heavy atom. The third kappa shape index (κ3) is 3.97. The molecule has 2 heterocycles. The molecule has 0 spiro atoms. The summed E-state index contributed by atoms with van der Waals surface area (Å²) in [5.74, 6) is -2.68. The number of pyridine rings is 1. The van der Waals surface area contributed by atoms with Gasteiger partial charge in [-0.25, -0.2) is 4.39 Å². The lowest BCUT2D eigenvalue weighted by Gasteiger charge is -2.25. The summed E-state index contributed by atoms with van der Waals surface area (Å²) in [5.41, 5.74) is 0.410. The van der Waals surface area contributed by atoms with E-state index in [1.54, 1.807) is 24.4 Å². The molecule has 7 nitrogen and oxygen atoms in total. The van der Waals surface area contributed by atoms with Gasteiger partial charge in [-0.1, -0.05) is 6.07 Å². The Kier molecular flexibility index (Phi) is 5.93. The monoisotopic (exact) mass is 399 g/mol. The van der Waals surface area contributed by atoms with E-state index in [-0.39, 0.29) is 23.4 Å². The van der Waals surface area contributed by atoms with E-state index in [2.05, 4.69) is 4.98 Å². The Bertz CT molecular complexity index is 960. The zero-order valence-electron chi connectivity index (χ0n) is 16.4. The highest BCUT2D eigenvalue weighted by Crippen LogP contribution is 2.38. The normalized spacial score (nSPS) is 18.5. The van der Waals surface area contributed by atoms with E-state index in [4.69, 9.17) is 4.74 Å². The van der Waals surface area contributed by atoms with Crippen molar-refractivity contribution in [1.82, 2.24) is 14.8 Å². The first-order valence-corrected chi connectivity index (χ1v) is 9.03. The van der Waals surface area contributed by atoms with Crippen molar-refractivity contribution in [3.63, 3.8) is 0 Å². The van der Waals surface area contributed by atoms with Crippen LogP contribution in [0.2, 0.25) is 0 Å².